The number of hydrogen-bond donors (Lipinski definition) is 2. The quantitative estimate of drug-likeness (QED) is 0.915. The molecule has 21 heavy (non-hydrogen) atoms. The highest BCUT2D eigenvalue weighted by molar-refractivity contribution is 7.12. The molecule has 1 aliphatic rings. The zero-order valence-corrected chi connectivity index (χ0v) is 12.6. The molecule has 1 aromatic carbocycles. The third-order valence-corrected chi connectivity index (χ3v) is 4.61. The fraction of sp³-hybridized carbons (Fsp3) is 0.312. The minimum Gasteiger partial charge on any atom is -0.323 e. The van der Waals surface area contributed by atoms with Crippen LogP contribution in [-0.4, -0.2) is 12.5 Å². The van der Waals surface area contributed by atoms with E-state index in [9.17, 15) is 9.18 Å². The number of fused-ring (bicyclic) bond motifs is 1. The van der Waals surface area contributed by atoms with Gasteiger partial charge in [0.15, 0.2) is 0 Å². The monoisotopic (exact) mass is 304 g/mol. The van der Waals surface area contributed by atoms with Crippen LogP contribution in [0.3, 0.4) is 0 Å². The molecule has 0 saturated heterocycles. The van der Waals surface area contributed by atoms with Gasteiger partial charge in [-0.15, -0.1) is 11.3 Å². The van der Waals surface area contributed by atoms with E-state index in [0.29, 0.717) is 13.0 Å². The molecule has 2 N–H and O–H groups in total. The van der Waals surface area contributed by atoms with Crippen molar-refractivity contribution in [3.05, 3.63) is 51.0 Å². The number of carbonyl (C=O) groups excluding carboxylic acids is 1. The number of anilines is 1. The summed E-state index contributed by atoms with van der Waals surface area (Å²) in [7, 11) is 0. The van der Waals surface area contributed by atoms with Crippen molar-refractivity contribution in [1.82, 2.24) is 5.32 Å². The number of amides is 1. The summed E-state index contributed by atoms with van der Waals surface area (Å²) in [6, 6.07) is 7.46. The largest absolute Gasteiger partial charge is 0.323 e. The van der Waals surface area contributed by atoms with Gasteiger partial charge >= 0.3 is 0 Å². The van der Waals surface area contributed by atoms with E-state index in [4.69, 9.17) is 0 Å². The van der Waals surface area contributed by atoms with E-state index in [2.05, 4.69) is 10.6 Å². The lowest BCUT2D eigenvalue weighted by Gasteiger charge is -2.19. The highest BCUT2D eigenvalue weighted by Gasteiger charge is 2.17. The van der Waals surface area contributed by atoms with Gasteiger partial charge in [-0.05, 0) is 49.2 Å². The summed E-state index contributed by atoms with van der Waals surface area (Å²) in [5.74, 6) is -0.464. The highest BCUT2D eigenvalue weighted by Crippen LogP contribution is 2.25. The lowest BCUT2D eigenvalue weighted by molar-refractivity contribution is -0.115. The Morgan fingerprint density at radius 2 is 2.24 bits per heavy atom. The number of benzene rings is 1. The van der Waals surface area contributed by atoms with E-state index in [-0.39, 0.29) is 23.8 Å². The van der Waals surface area contributed by atoms with Gasteiger partial charge in [-0.1, -0.05) is 6.07 Å². The van der Waals surface area contributed by atoms with E-state index in [1.54, 1.807) is 17.4 Å². The summed E-state index contributed by atoms with van der Waals surface area (Å²) in [6.07, 6.45) is 0.950. The number of rotatable bonds is 3. The van der Waals surface area contributed by atoms with Crippen LogP contribution in [0.15, 0.2) is 24.3 Å². The van der Waals surface area contributed by atoms with Crippen LogP contribution in [0.1, 0.15) is 20.9 Å². The van der Waals surface area contributed by atoms with Crippen molar-refractivity contribution < 1.29 is 9.18 Å². The van der Waals surface area contributed by atoms with Crippen LogP contribution >= 0.6 is 11.3 Å². The Morgan fingerprint density at radius 3 is 3.00 bits per heavy atom. The second kappa shape index (κ2) is 5.95. The molecule has 1 aromatic heterocycles. The van der Waals surface area contributed by atoms with Crippen molar-refractivity contribution in [3.63, 3.8) is 0 Å². The first-order valence-electron chi connectivity index (χ1n) is 6.99. The van der Waals surface area contributed by atoms with E-state index in [1.165, 1.54) is 4.88 Å². The first-order valence-corrected chi connectivity index (χ1v) is 7.81. The molecule has 0 aliphatic carbocycles. The number of nitrogens with one attached hydrogen (secondary N) is 2. The van der Waals surface area contributed by atoms with Crippen molar-refractivity contribution >= 4 is 22.9 Å². The maximum Gasteiger partial charge on any atom is 0.229 e. The molecule has 0 spiro atoms. The molecule has 0 fully saturated rings. The minimum atomic E-state index is -0.287. The molecule has 2 heterocycles. The number of thiophene rings is 1. The van der Waals surface area contributed by atoms with Gasteiger partial charge < -0.3 is 10.6 Å². The van der Waals surface area contributed by atoms with Crippen molar-refractivity contribution in [2.24, 2.45) is 0 Å². The van der Waals surface area contributed by atoms with Gasteiger partial charge in [0.25, 0.3) is 0 Å². The Bertz CT molecular complexity index is 681. The first kappa shape index (κ1) is 14.2. The Labute approximate surface area is 127 Å². The van der Waals surface area contributed by atoms with Crippen molar-refractivity contribution in [1.29, 1.82) is 0 Å². The topological polar surface area (TPSA) is 41.1 Å². The molecule has 3 rings (SSSR count). The fourth-order valence-electron chi connectivity index (χ4n) is 2.56. The molecule has 0 saturated carbocycles. The Morgan fingerprint density at radius 1 is 1.38 bits per heavy atom. The van der Waals surface area contributed by atoms with Crippen LogP contribution in [0.5, 0.6) is 0 Å². The van der Waals surface area contributed by atoms with Gasteiger partial charge in [0.2, 0.25) is 5.91 Å². The normalized spacial score (nSPS) is 13.8. The smallest absolute Gasteiger partial charge is 0.229 e. The molecule has 0 atom stereocenters. The van der Waals surface area contributed by atoms with E-state index in [1.807, 2.05) is 25.1 Å². The number of halogens is 1. The zero-order valence-electron chi connectivity index (χ0n) is 11.8. The predicted molar refractivity (Wildman–Crippen MR) is 83.2 cm³/mol. The van der Waals surface area contributed by atoms with Crippen molar-refractivity contribution in [3.8, 4) is 0 Å². The molecule has 2 aromatic rings. The third kappa shape index (κ3) is 3.14. The number of aryl methyl sites for hydroxylation is 1. The Kier molecular flexibility index (Phi) is 4.03. The van der Waals surface area contributed by atoms with E-state index < -0.39 is 0 Å². The Balaban J connectivity index is 1.74. The maximum absolute atomic E-state index is 14.4. The second-order valence-corrected chi connectivity index (χ2v) is 6.60. The van der Waals surface area contributed by atoms with Gasteiger partial charge in [-0.3, -0.25) is 4.79 Å². The standard InChI is InChI=1S/C16H17FN2OS/c1-10-2-4-12(21-10)8-15(20)19-14-5-3-11-9-18-7-6-13(11)16(14)17/h2-5,18H,6-9H2,1H3,(H,19,20). The molecule has 0 unspecified atom stereocenters. The number of carbonyl (C=O) groups is 1. The van der Waals surface area contributed by atoms with Crippen LogP contribution in [0.25, 0.3) is 0 Å². The van der Waals surface area contributed by atoms with Crippen molar-refractivity contribution in [2.45, 2.75) is 26.3 Å². The molecule has 0 radical (unpaired) electrons. The average molecular weight is 304 g/mol. The summed E-state index contributed by atoms with van der Waals surface area (Å²) in [5.41, 5.74) is 1.98. The van der Waals surface area contributed by atoms with Crippen LogP contribution in [0.4, 0.5) is 10.1 Å². The predicted octanol–water partition coefficient (Wildman–Crippen LogP) is 3.02. The molecule has 0 bridgehead atoms. The molecular formula is C16H17FN2OS. The maximum atomic E-state index is 14.4. The lowest BCUT2D eigenvalue weighted by atomic mass is 9.99. The van der Waals surface area contributed by atoms with Gasteiger partial charge in [-0.2, -0.15) is 0 Å². The summed E-state index contributed by atoms with van der Waals surface area (Å²) >= 11 is 1.59. The van der Waals surface area contributed by atoms with Gasteiger partial charge in [0.1, 0.15) is 5.82 Å². The molecule has 5 heteroatoms. The first-order chi connectivity index (χ1) is 10.1. The van der Waals surface area contributed by atoms with Gasteiger partial charge in [0.05, 0.1) is 12.1 Å². The molecular weight excluding hydrogens is 287 g/mol. The Hall–Kier alpha value is -1.72. The van der Waals surface area contributed by atoms with E-state index >= 15 is 0 Å². The van der Waals surface area contributed by atoms with Crippen LogP contribution in [-0.2, 0) is 24.2 Å². The summed E-state index contributed by atoms with van der Waals surface area (Å²) in [5, 5.41) is 5.90. The molecule has 1 aliphatic heterocycles. The zero-order chi connectivity index (χ0) is 14.8. The fourth-order valence-corrected chi connectivity index (χ4v) is 3.45. The van der Waals surface area contributed by atoms with Crippen LogP contribution in [0.2, 0.25) is 0 Å². The van der Waals surface area contributed by atoms with Crippen molar-refractivity contribution in [2.75, 3.05) is 11.9 Å². The summed E-state index contributed by atoms with van der Waals surface area (Å²) in [4.78, 5) is 14.2. The summed E-state index contributed by atoms with van der Waals surface area (Å²) in [6.45, 7) is 3.47. The summed E-state index contributed by atoms with van der Waals surface area (Å²) < 4.78 is 14.4. The molecule has 110 valence electrons. The third-order valence-electron chi connectivity index (χ3n) is 3.61. The van der Waals surface area contributed by atoms with E-state index in [0.717, 1.165) is 22.5 Å². The highest BCUT2D eigenvalue weighted by atomic mass is 32.1. The van der Waals surface area contributed by atoms with Crippen LogP contribution < -0.4 is 10.6 Å². The van der Waals surface area contributed by atoms with Crippen LogP contribution in [0, 0.1) is 12.7 Å². The average Bonchev–Trinajstić information content (AvgIpc) is 2.87. The SMILES string of the molecule is Cc1ccc(CC(=O)Nc2ccc3c(c2F)CCNC3)s1. The second-order valence-electron chi connectivity index (χ2n) is 5.23. The number of hydrogen-bond acceptors (Lipinski definition) is 3. The minimum absolute atomic E-state index is 0.176. The van der Waals surface area contributed by atoms with Gasteiger partial charge in [0, 0.05) is 16.3 Å². The molecule has 3 nitrogen and oxygen atoms in total. The van der Waals surface area contributed by atoms with Gasteiger partial charge in [-0.25, -0.2) is 4.39 Å². The lowest BCUT2D eigenvalue weighted by Crippen LogP contribution is -2.25. The molecule has 1 amide bonds.